The van der Waals surface area contributed by atoms with Crippen LogP contribution in [0.2, 0.25) is 0 Å². The number of allylic oxidation sites excluding steroid dienone is 1. The minimum absolute atomic E-state index is 0.525. The van der Waals surface area contributed by atoms with Crippen molar-refractivity contribution in [2.45, 2.75) is 27.7 Å². The maximum Gasteiger partial charge on any atom is 0.0577 e. The molecule has 0 spiro atoms. The van der Waals surface area contributed by atoms with Crippen LogP contribution in [0.5, 0.6) is 0 Å². The Balaban J connectivity index is 4.19. The molecule has 0 unspecified atom stereocenters. The molecule has 0 atom stereocenters. The first-order valence-electron chi connectivity index (χ1n) is 3.27. The molecule has 56 valence electrons. The first-order chi connectivity index (χ1) is 4.54. The van der Waals surface area contributed by atoms with Crippen molar-refractivity contribution >= 4 is 11.4 Å². The van der Waals surface area contributed by atoms with E-state index in [9.17, 15) is 0 Å². The van der Waals surface area contributed by atoms with Gasteiger partial charge in [-0.1, -0.05) is 5.57 Å². The van der Waals surface area contributed by atoms with E-state index in [1.54, 1.807) is 13.1 Å². The molecule has 2 heteroatoms. The normalized spacial score (nSPS) is 11.0. The third-order valence-corrected chi connectivity index (χ3v) is 1.06. The smallest absolute Gasteiger partial charge is 0.0577 e. The molecule has 0 fully saturated rings. The number of hydrogen-bond donors (Lipinski definition) is 1. The van der Waals surface area contributed by atoms with Gasteiger partial charge in [-0.15, -0.1) is 0 Å². The number of nitrogens with zero attached hydrogens (tertiary/aromatic N) is 1. The predicted molar refractivity (Wildman–Crippen MR) is 45.9 cm³/mol. The average molecular weight is 138 g/mol. The fourth-order valence-electron chi connectivity index (χ4n) is 0.323. The largest absolute Gasteiger partial charge is 0.304 e. The van der Waals surface area contributed by atoms with E-state index in [4.69, 9.17) is 5.41 Å². The molecule has 0 radical (unpaired) electrons. The van der Waals surface area contributed by atoms with Crippen LogP contribution in [-0.2, 0) is 0 Å². The van der Waals surface area contributed by atoms with Crippen molar-refractivity contribution < 1.29 is 0 Å². The van der Waals surface area contributed by atoms with Crippen molar-refractivity contribution in [3.05, 3.63) is 11.8 Å². The molecule has 1 N–H and O–H groups in total. The summed E-state index contributed by atoms with van der Waals surface area (Å²) in [7, 11) is 0. The lowest BCUT2D eigenvalue weighted by molar-refractivity contribution is 1.33. The van der Waals surface area contributed by atoms with Gasteiger partial charge in [-0.25, -0.2) is 0 Å². The predicted octanol–water partition coefficient (Wildman–Crippen LogP) is 2.41. The summed E-state index contributed by atoms with van der Waals surface area (Å²) in [5.74, 6) is 0. The Kier molecular flexibility index (Phi) is 3.62. The molecular formula is C8H14N2. The molecule has 0 saturated heterocycles. The molecule has 0 aliphatic rings. The highest BCUT2D eigenvalue weighted by Crippen LogP contribution is 1.90. The van der Waals surface area contributed by atoms with E-state index in [-0.39, 0.29) is 0 Å². The SMILES string of the molecule is CC(=N)C(C)=NC=C(C)C. The molecule has 0 bridgehead atoms. The summed E-state index contributed by atoms with van der Waals surface area (Å²) in [5.41, 5.74) is 2.46. The summed E-state index contributed by atoms with van der Waals surface area (Å²) in [6.45, 7) is 7.53. The van der Waals surface area contributed by atoms with Crippen molar-refractivity contribution in [3.8, 4) is 0 Å². The van der Waals surface area contributed by atoms with Gasteiger partial charge in [0.15, 0.2) is 0 Å². The Hall–Kier alpha value is -0.920. The van der Waals surface area contributed by atoms with Crippen LogP contribution in [0.3, 0.4) is 0 Å². The summed E-state index contributed by atoms with van der Waals surface area (Å²) < 4.78 is 0. The maximum absolute atomic E-state index is 7.18. The van der Waals surface area contributed by atoms with Gasteiger partial charge in [0.2, 0.25) is 0 Å². The molecule has 10 heavy (non-hydrogen) atoms. The Morgan fingerprint density at radius 1 is 1.20 bits per heavy atom. The number of aliphatic imine (C=N–C) groups is 1. The molecule has 2 nitrogen and oxygen atoms in total. The summed E-state index contributed by atoms with van der Waals surface area (Å²) >= 11 is 0. The Labute approximate surface area is 62.2 Å². The fraction of sp³-hybridized carbons (Fsp3) is 0.500. The number of rotatable bonds is 2. The van der Waals surface area contributed by atoms with Crippen LogP contribution >= 0.6 is 0 Å². The molecule has 0 aliphatic heterocycles. The van der Waals surface area contributed by atoms with Crippen LogP contribution in [0.15, 0.2) is 16.8 Å². The van der Waals surface area contributed by atoms with E-state index in [1.165, 1.54) is 0 Å². The van der Waals surface area contributed by atoms with Gasteiger partial charge in [0.05, 0.1) is 5.71 Å². The summed E-state index contributed by atoms with van der Waals surface area (Å²) in [4.78, 5) is 4.05. The van der Waals surface area contributed by atoms with Gasteiger partial charge < -0.3 is 5.41 Å². The maximum atomic E-state index is 7.18. The Morgan fingerprint density at radius 3 is 2.00 bits per heavy atom. The Bertz CT molecular complexity index is 183. The molecule has 0 heterocycles. The van der Waals surface area contributed by atoms with Gasteiger partial charge in [-0.2, -0.15) is 0 Å². The highest BCUT2D eigenvalue weighted by atomic mass is 14.7. The zero-order valence-electron chi connectivity index (χ0n) is 7.02. The quantitative estimate of drug-likeness (QED) is 0.569. The van der Waals surface area contributed by atoms with E-state index in [2.05, 4.69) is 4.99 Å². The van der Waals surface area contributed by atoms with Crippen LogP contribution in [0.25, 0.3) is 0 Å². The van der Waals surface area contributed by atoms with Crippen LogP contribution in [0.1, 0.15) is 27.7 Å². The first kappa shape index (κ1) is 9.08. The fourth-order valence-corrected chi connectivity index (χ4v) is 0.323. The number of hydrogen-bond acceptors (Lipinski definition) is 2. The summed E-state index contributed by atoms with van der Waals surface area (Å²) in [5, 5.41) is 7.18. The third-order valence-electron chi connectivity index (χ3n) is 1.06. The zero-order chi connectivity index (χ0) is 8.15. The van der Waals surface area contributed by atoms with E-state index in [0.717, 1.165) is 11.3 Å². The highest BCUT2D eigenvalue weighted by molar-refractivity contribution is 6.39. The second-order valence-electron chi connectivity index (χ2n) is 2.55. The Morgan fingerprint density at radius 2 is 1.70 bits per heavy atom. The zero-order valence-corrected chi connectivity index (χ0v) is 7.02. The van der Waals surface area contributed by atoms with Gasteiger partial charge in [0.25, 0.3) is 0 Å². The van der Waals surface area contributed by atoms with Gasteiger partial charge >= 0.3 is 0 Å². The topological polar surface area (TPSA) is 36.2 Å². The lowest BCUT2D eigenvalue weighted by Gasteiger charge is -1.92. The van der Waals surface area contributed by atoms with Gasteiger partial charge in [-0.3, -0.25) is 4.99 Å². The second-order valence-corrected chi connectivity index (χ2v) is 2.55. The van der Waals surface area contributed by atoms with E-state index < -0.39 is 0 Å². The van der Waals surface area contributed by atoms with Gasteiger partial charge in [0, 0.05) is 11.9 Å². The highest BCUT2D eigenvalue weighted by Gasteiger charge is 1.88. The van der Waals surface area contributed by atoms with Crippen LogP contribution in [0, 0.1) is 5.41 Å². The number of nitrogens with one attached hydrogen (secondary N) is 1. The lowest BCUT2D eigenvalue weighted by atomic mass is 10.3. The average Bonchev–Trinajstić information content (AvgIpc) is 1.82. The minimum atomic E-state index is 0.525. The molecule has 0 saturated carbocycles. The molecule has 0 aromatic carbocycles. The van der Waals surface area contributed by atoms with Crippen LogP contribution in [0.4, 0.5) is 0 Å². The first-order valence-corrected chi connectivity index (χ1v) is 3.27. The summed E-state index contributed by atoms with van der Waals surface area (Å²) in [6, 6.07) is 0. The third kappa shape index (κ3) is 4.01. The van der Waals surface area contributed by atoms with Crippen molar-refractivity contribution in [1.82, 2.24) is 0 Å². The molecule has 0 aromatic heterocycles. The lowest BCUT2D eigenvalue weighted by Crippen LogP contribution is -2.01. The van der Waals surface area contributed by atoms with Crippen molar-refractivity contribution in [2.75, 3.05) is 0 Å². The van der Waals surface area contributed by atoms with Crippen molar-refractivity contribution in [3.63, 3.8) is 0 Å². The molecule has 0 rings (SSSR count). The molecule has 0 amide bonds. The van der Waals surface area contributed by atoms with Gasteiger partial charge in [-0.05, 0) is 27.7 Å². The minimum Gasteiger partial charge on any atom is -0.304 e. The summed E-state index contributed by atoms with van der Waals surface area (Å²) in [6.07, 6.45) is 1.77. The van der Waals surface area contributed by atoms with E-state index >= 15 is 0 Å². The van der Waals surface area contributed by atoms with Crippen molar-refractivity contribution in [1.29, 1.82) is 5.41 Å². The van der Waals surface area contributed by atoms with E-state index in [1.807, 2.05) is 20.8 Å². The van der Waals surface area contributed by atoms with Crippen LogP contribution in [-0.4, -0.2) is 11.4 Å². The standard InChI is InChI=1S/C8H14N2/c1-6(2)5-10-8(4)7(3)9/h5,9H,1-4H3. The monoisotopic (exact) mass is 138 g/mol. The van der Waals surface area contributed by atoms with Crippen molar-refractivity contribution in [2.24, 2.45) is 4.99 Å². The van der Waals surface area contributed by atoms with E-state index in [0.29, 0.717) is 5.71 Å². The van der Waals surface area contributed by atoms with Gasteiger partial charge in [0.1, 0.15) is 0 Å². The van der Waals surface area contributed by atoms with Crippen LogP contribution < -0.4 is 0 Å². The molecule has 0 aromatic rings. The molecule has 0 aliphatic carbocycles. The molecular weight excluding hydrogens is 124 g/mol. The second kappa shape index (κ2) is 3.99.